The number of anilines is 1. The smallest absolute Gasteiger partial charge is 0.226 e. The summed E-state index contributed by atoms with van der Waals surface area (Å²) in [7, 11) is 1.83. The molecule has 0 aliphatic carbocycles. The van der Waals surface area contributed by atoms with Crippen LogP contribution in [0.15, 0.2) is 12.4 Å². The number of hydrogen-bond acceptors (Lipinski definition) is 3. The minimum absolute atomic E-state index is 0.0595. The van der Waals surface area contributed by atoms with Crippen molar-refractivity contribution < 1.29 is 4.79 Å². The molecule has 0 radical (unpaired) electrons. The monoisotopic (exact) mass is 236 g/mol. The summed E-state index contributed by atoms with van der Waals surface area (Å²) in [5.41, 5.74) is 0.765. The van der Waals surface area contributed by atoms with E-state index in [1.54, 1.807) is 17.1 Å². The van der Waals surface area contributed by atoms with E-state index in [-0.39, 0.29) is 5.91 Å². The van der Waals surface area contributed by atoms with Gasteiger partial charge in [-0.05, 0) is 25.3 Å². The number of nitrogens with one attached hydrogen (secondary N) is 2. The van der Waals surface area contributed by atoms with E-state index in [1.807, 2.05) is 7.05 Å². The normalized spacial score (nSPS) is 24.6. The van der Waals surface area contributed by atoms with E-state index in [1.165, 1.54) is 12.8 Å². The molecule has 1 aromatic rings. The molecule has 5 nitrogen and oxygen atoms in total. The van der Waals surface area contributed by atoms with Crippen LogP contribution < -0.4 is 10.6 Å². The number of amides is 1. The van der Waals surface area contributed by atoms with Gasteiger partial charge in [-0.15, -0.1) is 0 Å². The van der Waals surface area contributed by atoms with Crippen molar-refractivity contribution in [1.29, 1.82) is 0 Å². The zero-order chi connectivity index (χ0) is 12.3. The van der Waals surface area contributed by atoms with Gasteiger partial charge in [-0.25, -0.2) is 0 Å². The zero-order valence-electron chi connectivity index (χ0n) is 10.4. The summed E-state index contributed by atoms with van der Waals surface area (Å²) in [4.78, 5) is 11.8. The highest BCUT2D eigenvalue weighted by atomic mass is 16.1. The first-order valence-corrected chi connectivity index (χ1v) is 6.17. The van der Waals surface area contributed by atoms with Gasteiger partial charge in [-0.2, -0.15) is 5.10 Å². The molecular formula is C12H20N4O. The maximum atomic E-state index is 11.8. The van der Waals surface area contributed by atoms with Gasteiger partial charge in [0, 0.05) is 25.7 Å². The van der Waals surface area contributed by atoms with Crippen molar-refractivity contribution in [2.45, 2.75) is 32.2 Å². The van der Waals surface area contributed by atoms with E-state index < -0.39 is 0 Å². The average Bonchev–Trinajstić information content (AvgIpc) is 2.67. The van der Waals surface area contributed by atoms with Gasteiger partial charge in [-0.3, -0.25) is 9.48 Å². The number of rotatable bonds is 3. The Morgan fingerprint density at radius 3 is 3.18 bits per heavy atom. The summed E-state index contributed by atoms with van der Waals surface area (Å²) in [6, 6.07) is 0.306. The van der Waals surface area contributed by atoms with Gasteiger partial charge < -0.3 is 10.6 Å². The van der Waals surface area contributed by atoms with Crippen LogP contribution in [0.4, 0.5) is 5.69 Å². The van der Waals surface area contributed by atoms with Crippen molar-refractivity contribution in [3.63, 3.8) is 0 Å². The van der Waals surface area contributed by atoms with E-state index in [0.29, 0.717) is 18.4 Å². The van der Waals surface area contributed by atoms with Crippen LogP contribution in [0, 0.1) is 5.92 Å². The van der Waals surface area contributed by atoms with E-state index in [9.17, 15) is 4.79 Å². The van der Waals surface area contributed by atoms with Gasteiger partial charge in [0.2, 0.25) is 5.91 Å². The van der Waals surface area contributed by atoms with Crippen LogP contribution in [-0.2, 0) is 11.8 Å². The molecule has 17 heavy (non-hydrogen) atoms. The standard InChI is InChI=1S/C12H20N4O/c1-9-4-3-5-13-11(9)6-12(17)15-10-7-14-16(2)8-10/h7-9,11,13H,3-6H2,1-2H3,(H,15,17). The van der Waals surface area contributed by atoms with Gasteiger partial charge in [0.1, 0.15) is 0 Å². The third kappa shape index (κ3) is 3.30. The fraction of sp³-hybridized carbons (Fsp3) is 0.667. The van der Waals surface area contributed by atoms with Crippen LogP contribution in [0.25, 0.3) is 0 Å². The van der Waals surface area contributed by atoms with Crippen molar-refractivity contribution in [2.75, 3.05) is 11.9 Å². The number of carbonyl (C=O) groups is 1. The van der Waals surface area contributed by atoms with Crippen LogP contribution in [0.3, 0.4) is 0 Å². The lowest BCUT2D eigenvalue weighted by Gasteiger charge is -2.29. The Bertz CT molecular complexity index is 388. The topological polar surface area (TPSA) is 59.0 Å². The van der Waals surface area contributed by atoms with Gasteiger partial charge in [0.05, 0.1) is 11.9 Å². The molecule has 0 bridgehead atoms. The second-order valence-electron chi connectivity index (χ2n) is 4.84. The lowest BCUT2D eigenvalue weighted by Crippen LogP contribution is -2.42. The Hall–Kier alpha value is -1.36. The van der Waals surface area contributed by atoms with Crippen LogP contribution in [0.2, 0.25) is 0 Å². The molecule has 1 saturated heterocycles. The molecule has 2 N–H and O–H groups in total. The second kappa shape index (κ2) is 5.31. The van der Waals surface area contributed by atoms with Crippen LogP contribution in [0.5, 0.6) is 0 Å². The van der Waals surface area contributed by atoms with E-state index in [2.05, 4.69) is 22.7 Å². The SMILES string of the molecule is CC1CCCNC1CC(=O)Nc1cnn(C)c1. The van der Waals surface area contributed by atoms with E-state index in [0.717, 1.165) is 12.2 Å². The zero-order valence-corrected chi connectivity index (χ0v) is 10.4. The van der Waals surface area contributed by atoms with Crippen molar-refractivity contribution in [3.8, 4) is 0 Å². The summed E-state index contributed by atoms with van der Waals surface area (Å²) in [6.07, 6.45) is 6.42. The molecule has 94 valence electrons. The molecule has 5 heteroatoms. The molecule has 1 aliphatic heterocycles. The first kappa shape index (κ1) is 12.1. The van der Waals surface area contributed by atoms with Gasteiger partial charge in [0.25, 0.3) is 0 Å². The number of aryl methyl sites for hydroxylation is 1. The average molecular weight is 236 g/mol. The Kier molecular flexibility index (Phi) is 3.78. The molecule has 1 aromatic heterocycles. The Balaban J connectivity index is 1.84. The number of hydrogen-bond donors (Lipinski definition) is 2. The molecule has 0 aromatic carbocycles. The van der Waals surface area contributed by atoms with Crippen molar-refractivity contribution >= 4 is 11.6 Å². The quantitative estimate of drug-likeness (QED) is 0.827. The highest BCUT2D eigenvalue weighted by Gasteiger charge is 2.23. The Labute approximate surface area is 102 Å². The number of piperidine rings is 1. The first-order valence-electron chi connectivity index (χ1n) is 6.17. The maximum Gasteiger partial charge on any atom is 0.226 e. The lowest BCUT2D eigenvalue weighted by molar-refractivity contribution is -0.117. The largest absolute Gasteiger partial charge is 0.323 e. The Morgan fingerprint density at radius 2 is 2.53 bits per heavy atom. The summed E-state index contributed by atoms with van der Waals surface area (Å²) in [5.74, 6) is 0.632. The van der Waals surface area contributed by atoms with Gasteiger partial charge in [0.15, 0.2) is 0 Å². The van der Waals surface area contributed by atoms with Gasteiger partial charge in [-0.1, -0.05) is 6.92 Å². The van der Waals surface area contributed by atoms with Crippen molar-refractivity contribution in [2.24, 2.45) is 13.0 Å². The van der Waals surface area contributed by atoms with Crippen molar-refractivity contribution in [1.82, 2.24) is 15.1 Å². The minimum Gasteiger partial charge on any atom is -0.323 e. The van der Waals surface area contributed by atoms with Crippen LogP contribution >= 0.6 is 0 Å². The molecular weight excluding hydrogens is 216 g/mol. The molecule has 1 aliphatic rings. The maximum absolute atomic E-state index is 11.8. The first-order chi connectivity index (χ1) is 8.15. The highest BCUT2D eigenvalue weighted by molar-refractivity contribution is 5.90. The fourth-order valence-electron chi connectivity index (χ4n) is 2.28. The molecule has 2 heterocycles. The Morgan fingerprint density at radius 1 is 1.71 bits per heavy atom. The van der Waals surface area contributed by atoms with Crippen molar-refractivity contribution in [3.05, 3.63) is 12.4 Å². The van der Waals surface area contributed by atoms with E-state index in [4.69, 9.17) is 0 Å². The predicted molar refractivity (Wildman–Crippen MR) is 66.6 cm³/mol. The van der Waals surface area contributed by atoms with E-state index >= 15 is 0 Å². The molecule has 0 spiro atoms. The third-order valence-corrected chi connectivity index (χ3v) is 3.32. The van der Waals surface area contributed by atoms with Gasteiger partial charge >= 0.3 is 0 Å². The fourth-order valence-corrected chi connectivity index (χ4v) is 2.28. The number of aromatic nitrogens is 2. The summed E-state index contributed by atoms with van der Waals surface area (Å²) in [5, 5.41) is 10.3. The highest BCUT2D eigenvalue weighted by Crippen LogP contribution is 2.18. The molecule has 0 saturated carbocycles. The molecule has 2 atom stereocenters. The summed E-state index contributed by atoms with van der Waals surface area (Å²) in [6.45, 7) is 3.23. The molecule has 1 fully saturated rings. The molecule has 2 unspecified atom stereocenters. The summed E-state index contributed by atoms with van der Waals surface area (Å²) >= 11 is 0. The minimum atomic E-state index is 0.0595. The van der Waals surface area contributed by atoms with Crippen LogP contribution in [-0.4, -0.2) is 28.3 Å². The number of carbonyl (C=O) groups excluding carboxylic acids is 1. The molecule has 1 amide bonds. The number of nitrogens with zero attached hydrogens (tertiary/aromatic N) is 2. The summed E-state index contributed by atoms with van der Waals surface area (Å²) < 4.78 is 1.68. The molecule has 2 rings (SSSR count). The second-order valence-corrected chi connectivity index (χ2v) is 4.84. The predicted octanol–water partition coefficient (Wildman–Crippen LogP) is 1.14. The lowest BCUT2D eigenvalue weighted by atomic mass is 9.90. The third-order valence-electron chi connectivity index (χ3n) is 3.32. The van der Waals surface area contributed by atoms with Crippen LogP contribution in [0.1, 0.15) is 26.2 Å².